The number of aliphatic hydroxyl groups excluding tert-OH is 4. The van der Waals surface area contributed by atoms with Crippen LogP contribution >= 0.6 is 0 Å². The summed E-state index contributed by atoms with van der Waals surface area (Å²) in [4.78, 5) is 24.0. The Labute approximate surface area is 124 Å². The third-order valence-electron chi connectivity index (χ3n) is 3.35. The van der Waals surface area contributed by atoms with Crippen LogP contribution in [0.5, 0.6) is 5.75 Å². The third-order valence-corrected chi connectivity index (χ3v) is 3.35. The van der Waals surface area contributed by atoms with Crippen LogP contribution < -0.4 is 4.74 Å². The number of aliphatic hydroxyl groups is 4. The predicted molar refractivity (Wildman–Crippen MR) is 71.5 cm³/mol. The van der Waals surface area contributed by atoms with Crippen molar-refractivity contribution in [3.8, 4) is 5.75 Å². The maximum atomic E-state index is 12.6. The summed E-state index contributed by atoms with van der Waals surface area (Å²) >= 11 is 0. The van der Waals surface area contributed by atoms with Crippen molar-refractivity contribution in [2.45, 2.75) is 11.7 Å². The summed E-state index contributed by atoms with van der Waals surface area (Å²) in [5.41, 5.74) is -2.60. The molecule has 118 valence electrons. The first kappa shape index (κ1) is 15.8. The zero-order chi connectivity index (χ0) is 16.5. The summed E-state index contributed by atoms with van der Waals surface area (Å²) in [6, 6.07) is 5.54. The van der Waals surface area contributed by atoms with E-state index in [1.54, 1.807) is 0 Å². The van der Waals surface area contributed by atoms with Crippen molar-refractivity contribution in [1.82, 2.24) is 0 Å². The number of esters is 1. The molecule has 0 radical (unpaired) electrons. The van der Waals surface area contributed by atoms with Crippen LogP contribution in [-0.4, -0.2) is 57.6 Å². The molecule has 1 aromatic carbocycles. The quantitative estimate of drug-likeness (QED) is 0.436. The lowest BCUT2D eigenvalue weighted by atomic mass is 9.86. The maximum Gasteiger partial charge on any atom is 0.378 e. The van der Waals surface area contributed by atoms with Crippen LogP contribution in [0.2, 0.25) is 0 Å². The van der Waals surface area contributed by atoms with Gasteiger partial charge in [-0.3, -0.25) is 4.79 Å². The van der Waals surface area contributed by atoms with Crippen molar-refractivity contribution in [3.05, 3.63) is 41.3 Å². The van der Waals surface area contributed by atoms with Gasteiger partial charge in [-0.15, -0.1) is 0 Å². The van der Waals surface area contributed by atoms with Gasteiger partial charge in [-0.05, 0) is 24.3 Å². The van der Waals surface area contributed by atoms with E-state index >= 15 is 0 Å². The Hall–Kier alpha value is -2.58. The number of carbonyl (C=O) groups is 2. The Morgan fingerprint density at radius 3 is 2.32 bits per heavy atom. The lowest BCUT2D eigenvalue weighted by Crippen LogP contribution is -2.53. The molecule has 0 bridgehead atoms. The van der Waals surface area contributed by atoms with Crippen molar-refractivity contribution in [1.29, 1.82) is 0 Å². The van der Waals surface area contributed by atoms with E-state index in [0.29, 0.717) is 5.75 Å². The van der Waals surface area contributed by atoms with E-state index in [4.69, 9.17) is 14.6 Å². The van der Waals surface area contributed by atoms with E-state index in [0.717, 1.165) is 0 Å². The molecule has 2 rings (SSSR count). The number of benzene rings is 1. The van der Waals surface area contributed by atoms with E-state index in [-0.39, 0.29) is 5.56 Å². The smallest absolute Gasteiger partial charge is 0.378 e. The minimum atomic E-state index is -2.58. The number of ketones is 1. The molecule has 0 amide bonds. The molecular formula is C14H14O8. The molecule has 4 N–H and O–H groups in total. The minimum absolute atomic E-state index is 0.0256. The summed E-state index contributed by atoms with van der Waals surface area (Å²) in [6.07, 6.45) is -1.95. The van der Waals surface area contributed by atoms with Crippen molar-refractivity contribution in [2.75, 3.05) is 13.7 Å². The van der Waals surface area contributed by atoms with E-state index < -0.39 is 41.6 Å². The van der Waals surface area contributed by atoms with Gasteiger partial charge in [-0.1, -0.05) is 0 Å². The van der Waals surface area contributed by atoms with Crippen LogP contribution in [0.1, 0.15) is 10.4 Å². The Kier molecular flexibility index (Phi) is 4.07. The molecule has 2 atom stereocenters. The number of cyclic esters (lactones) is 1. The van der Waals surface area contributed by atoms with Gasteiger partial charge in [0.15, 0.2) is 5.76 Å². The second-order valence-corrected chi connectivity index (χ2v) is 4.58. The molecule has 1 aliphatic rings. The van der Waals surface area contributed by atoms with Gasteiger partial charge >= 0.3 is 5.97 Å². The topological polar surface area (TPSA) is 134 Å². The highest BCUT2D eigenvalue weighted by Gasteiger charge is 2.59. The number of hydrogen-bond donors (Lipinski definition) is 4. The molecule has 1 aliphatic heterocycles. The highest BCUT2D eigenvalue weighted by atomic mass is 16.6. The van der Waals surface area contributed by atoms with Crippen LogP contribution in [0.25, 0.3) is 0 Å². The Morgan fingerprint density at radius 1 is 1.32 bits per heavy atom. The zero-order valence-electron chi connectivity index (χ0n) is 11.5. The molecule has 1 heterocycles. The van der Waals surface area contributed by atoms with E-state index in [2.05, 4.69) is 0 Å². The standard InChI is InChI=1S/C14H14O8/c1-21-8-4-2-7(3-5-8)11(18)14(9(16)6-15)12(19)10(17)13(20)22-14/h2-5,9,15-17,19H,6H2,1H3/t9-,14-/m0/s1. The summed E-state index contributed by atoms with van der Waals surface area (Å²) < 4.78 is 9.63. The fourth-order valence-corrected chi connectivity index (χ4v) is 2.13. The normalized spacial score (nSPS) is 22.4. The van der Waals surface area contributed by atoms with Crippen molar-refractivity contribution in [3.63, 3.8) is 0 Å². The molecule has 0 aromatic heterocycles. The minimum Gasteiger partial charge on any atom is -0.504 e. The van der Waals surface area contributed by atoms with Gasteiger partial charge in [0, 0.05) is 5.56 Å². The second-order valence-electron chi connectivity index (χ2n) is 4.58. The molecule has 8 nitrogen and oxygen atoms in total. The lowest BCUT2D eigenvalue weighted by Gasteiger charge is -2.29. The molecule has 22 heavy (non-hydrogen) atoms. The summed E-state index contributed by atoms with van der Waals surface area (Å²) in [5, 5.41) is 38.3. The number of methoxy groups -OCH3 is 1. The Bertz CT molecular complexity index is 633. The molecule has 0 saturated heterocycles. The number of Topliss-reactive ketones (excluding diaryl/α,β-unsaturated/α-hetero) is 1. The lowest BCUT2D eigenvalue weighted by molar-refractivity contribution is -0.156. The summed E-state index contributed by atoms with van der Waals surface area (Å²) in [5.74, 6) is -4.23. The van der Waals surface area contributed by atoms with E-state index in [9.17, 15) is 24.9 Å². The average molecular weight is 310 g/mol. The SMILES string of the molecule is COc1ccc(C(=O)[C@]2([C@@H](O)CO)OC(=O)C(O)=C2O)cc1. The monoisotopic (exact) mass is 310 g/mol. The second kappa shape index (κ2) is 5.66. The Morgan fingerprint density at radius 2 is 1.91 bits per heavy atom. The van der Waals surface area contributed by atoms with Gasteiger partial charge in [0.05, 0.1) is 13.7 Å². The molecule has 8 heteroatoms. The number of carbonyl (C=O) groups excluding carboxylic acids is 2. The van der Waals surface area contributed by atoms with Crippen molar-refractivity contribution >= 4 is 11.8 Å². The van der Waals surface area contributed by atoms with Crippen molar-refractivity contribution < 1.29 is 39.5 Å². The molecule has 0 fully saturated rings. The molecule has 0 aliphatic carbocycles. The number of ether oxygens (including phenoxy) is 2. The van der Waals surface area contributed by atoms with Crippen LogP contribution in [-0.2, 0) is 9.53 Å². The maximum absolute atomic E-state index is 12.6. The predicted octanol–water partition coefficient (Wildman–Crippen LogP) is -0.146. The van der Waals surface area contributed by atoms with Crippen molar-refractivity contribution in [2.24, 2.45) is 0 Å². The first-order chi connectivity index (χ1) is 10.4. The van der Waals surface area contributed by atoms with Crippen LogP contribution in [0.3, 0.4) is 0 Å². The fraction of sp³-hybridized carbons (Fsp3) is 0.286. The molecular weight excluding hydrogens is 296 g/mol. The fourth-order valence-electron chi connectivity index (χ4n) is 2.13. The first-order valence-electron chi connectivity index (χ1n) is 6.22. The Balaban J connectivity index is 2.51. The molecule has 0 unspecified atom stereocenters. The first-order valence-corrected chi connectivity index (χ1v) is 6.22. The van der Waals surface area contributed by atoms with Crippen LogP contribution in [0.15, 0.2) is 35.8 Å². The molecule has 0 spiro atoms. The highest BCUT2D eigenvalue weighted by Crippen LogP contribution is 2.36. The third kappa shape index (κ3) is 2.18. The van der Waals surface area contributed by atoms with Gasteiger partial charge < -0.3 is 29.9 Å². The number of rotatable bonds is 5. The number of hydrogen-bond acceptors (Lipinski definition) is 8. The largest absolute Gasteiger partial charge is 0.504 e. The van der Waals surface area contributed by atoms with Crippen LogP contribution in [0.4, 0.5) is 0 Å². The van der Waals surface area contributed by atoms with Gasteiger partial charge in [-0.2, -0.15) is 0 Å². The molecule has 0 saturated carbocycles. The van der Waals surface area contributed by atoms with Gasteiger partial charge in [0.25, 0.3) is 5.60 Å². The summed E-state index contributed by atoms with van der Waals surface area (Å²) in [7, 11) is 1.43. The van der Waals surface area contributed by atoms with Gasteiger partial charge in [0.2, 0.25) is 11.5 Å². The summed E-state index contributed by atoms with van der Waals surface area (Å²) in [6.45, 7) is -0.980. The van der Waals surface area contributed by atoms with Gasteiger partial charge in [-0.25, -0.2) is 4.79 Å². The van der Waals surface area contributed by atoms with Crippen LogP contribution in [0, 0.1) is 0 Å². The van der Waals surface area contributed by atoms with E-state index in [1.807, 2.05) is 0 Å². The molecule has 1 aromatic rings. The highest BCUT2D eigenvalue weighted by molar-refractivity contribution is 6.09. The van der Waals surface area contributed by atoms with E-state index in [1.165, 1.54) is 31.4 Å². The average Bonchev–Trinajstić information content (AvgIpc) is 2.78. The zero-order valence-corrected chi connectivity index (χ0v) is 11.5. The van der Waals surface area contributed by atoms with Gasteiger partial charge in [0.1, 0.15) is 11.9 Å².